The Morgan fingerprint density at radius 1 is 1.67 bits per heavy atom. The first-order valence-electron chi connectivity index (χ1n) is 2.55. The maximum atomic E-state index is 10.7. The molecule has 3 nitrogen and oxygen atoms in total. The van der Waals surface area contributed by atoms with Gasteiger partial charge in [0.1, 0.15) is 0 Å². The van der Waals surface area contributed by atoms with Gasteiger partial charge in [0, 0.05) is 0 Å². The maximum absolute atomic E-state index is 10.7. The van der Waals surface area contributed by atoms with E-state index < -0.39 is 6.80 Å². The van der Waals surface area contributed by atoms with Crippen LogP contribution in [0.15, 0.2) is 0 Å². The molecule has 1 unspecified atom stereocenters. The van der Waals surface area contributed by atoms with Crippen molar-refractivity contribution in [2.75, 3.05) is 6.26 Å². The minimum Gasteiger partial charge on any atom is -0.316 e. The normalized spacial score (nSPS) is 17.9. The molecule has 56 valence electrons. The molecule has 0 aliphatic carbocycles. The molecule has 1 N–H and O–H groups in total. The molecule has 0 aromatic heterocycles. The van der Waals surface area contributed by atoms with Gasteiger partial charge in [0.2, 0.25) is 0 Å². The Morgan fingerprint density at radius 2 is 2.11 bits per heavy atom. The zero-order chi connectivity index (χ0) is 7.49. The lowest BCUT2D eigenvalue weighted by molar-refractivity contribution is 0.218. The van der Waals surface area contributed by atoms with Gasteiger partial charge in [0.05, 0.1) is 6.10 Å². The first-order valence-corrected chi connectivity index (χ1v) is 5.95. The number of hydrogen-bond donors (Lipinski definition) is 1. The van der Waals surface area contributed by atoms with Crippen molar-refractivity contribution in [3.63, 3.8) is 0 Å². The van der Waals surface area contributed by atoms with Gasteiger partial charge >= 0.3 is 6.80 Å². The molecule has 0 aromatic carbocycles. The largest absolute Gasteiger partial charge is 0.386 e. The minimum atomic E-state index is -3.31. The second-order valence-corrected chi connectivity index (χ2v) is 5.80. The summed E-state index contributed by atoms with van der Waals surface area (Å²) in [6, 6.07) is 0. The highest BCUT2D eigenvalue weighted by molar-refractivity contribution is 8.54. The topological polar surface area (TPSA) is 46.5 Å². The summed E-state index contributed by atoms with van der Waals surface area (Å²) in [6.07, 6.45) is 1.36. The molecule has 0 amide bonds. The predicted octanol–water partition coefficient (Wildman–Crippen LogP) is 1.87. The van der Waals surface area contributed by atoms with E-state index in [1.165, 1.54) is 0 Å². The molecule has 0 aliphatic heterocycles. The predicted molar refractivity (Wildman–Crippen MR) is 39.6 cm³/mol. The maximum Gasteiger partial charge on any atom is 0.386 e. The highest BCUT2D eigenvalue weighted by Gasteiger charge is 2.18. The van der Waals surface area contributed by atoms with Gasteiger partial charge in [-0.25, -0.2) is 4.57 Å². The molecule has 0 saturated carbocycles. The van der Waals surface area contributed by atoms with Crippen LogP contribution < -0.4 is 0 Å². The average Bonchev–Trinajstić information content (AvgIpc) is 1.63. The summed E-state index contributed by atoms with van der Waals surface area (Å²) in [4.78, 5) is 8.79. The molecule has 0 fully saturated rings. The molecule has 1 atom stereocenters. The van der Waals surface area contributed by atoms with Crippen LogP contribution in [-0.4, -0.2) is 17.3 Å². The zero-order valence-electron chi connectivity index (χ0n) is 5.70. The third-order valence-electron chi connectivity index (χ3n) is 0.575. The van der Waals surface area contributed by atoms with Crippen LogP contribution in [0, 0.1) is 0 Å². The van der Waals surface area contributed by atoms with E-state index in [0.717, 1.165) is 11.4 Å². The van der Waals surface area contributed by atoms with Crippen LogP contribution in [-0.2, 0) is 9.09 Å². The molecule has 0 radical (unpaired) electrons. The Balaban J connectivity index is 3.73. The van der Waals surface area contributed by atoms with Crippen LogP contribution in [0.1, 0.15) is 13.8 Å². The van der Waals surface area contributed by atoms with Crippen molar-refractivity contribution in [3.05, 3.63) is 0 Å². The van der Waals surface area contributed by atoms with Crippen molar-refractivity contribution in [2.24, 2.45) is 0 Å². The lowest BCUT2D eigenvalue weighted by Crippen LogP contribution is -1.97. The lowest BCUT2D eigenvalue weighted by atomic mass is 10.5. The second kappa shape index (κ2) is 3.62. The summed E-state index contributed by atoms with van der Waals surface area (Å²) in [7, 11) is 0. The summed E-state index contributed by atoms with van der Waals surface area (Å²) in [5.74, 6) is 0. The second-order valence-electron chi connectivity index (χ2n) is 1.81. The molecular formula is C4H11O3PS. The molecule has 0 bridgehead atoms. The first kappa shape index (κ1) is 9.50. The SMILES string of the molecule is CSP(=O)(O)OC(C)C. The monoisotopic (exact) mass is 170 g/mol. The van der Waals surface area contributed by atoms with Crippen molar-refractivity contribution < 1.29 is 14.0 Å². The molecule has 5 heteroatoms. The summed E-state index contributed by atoms with van der Waals surface area (Å²) in [5.41, 5.74) is 0. The molecule has 0 aromatic rings. The highest BCUT2D eigenvalue weighted by Crippen LogP contribution is 2.54. The molecular weight excluding hydrogens is 159 g/mol. The summed E-state index contributed by atoms with van der Waals surface area (Å²) in [6.45, 7) is 0.130. The Hall–Kier alpha value is 0.500. The van der Waals surface area contributed by atoms with Crippen LogP contribution in [0.3, 0.4) is 0 Å². The van der Waals surface area contributed by atoms with Gasteiger partial charge in [-0.3, -0.25) is 4.52 Å². The fraction of sp³-hybridized carbons (Fsp3) is 1.00. The van der Waals surface area contributed by atoms with E-state index in [-0.39, 0.29) is 6.10 Å². The fourth-order valence-electron chi connectivity index (χ4n) is 0.309. The van der Waals surface area contributed by atoms with Crippen LogP contribution in [0.2, 0.25) is 0 Å². The Labute approximate surface area is 59.1 Å². The fourth-order valence-corrected chi connectivity index (χ4v) is 1.70. The van der Waals surface area contributed by atoms with E-state index in [4.69, 9.17) is 4.89 Å². The van der Waals surface area contributed by atoms with Gasteiger partial charge in [-0.05, 0) is 31.5 Å². The third-order valence-corrected chi connectivity index (χ3v) is 3.37. The number of rotatable bonds is 3. The average molecular weight is 170 g/mol. The zero-order valence-corrected chi connectivity index (χ0v) is 7.41. The van der Waals surface area contributed by atoms with E-state index in [9.17, 15) is 4.57 Å². The van der Waals surface area contributed by atoms with Gasteiger partial charge in [-0.1, -0.05) is 0 Å². The van der Waals surface area contributed by atoms with Crippen molar-refractivity contribution >= 4 is 18.2 Å². The molecule has 9 heavy (non-hydrogen) atoms. The minimum absolute atomic E-state index is 0.187. The number of hydrogen-bond acceptors (Lipinski definition) is 3. The quantitative estimate of drug-likeness (QED) is 0.657. The van der Waals surface area contributed by atoms with Crippen LogP contribution in [0.25, 0.3) is 0 Å². The van der Waals surface area contributed by atoms with E-state index in [0.29, 0.717) is 0 Å². The van der Waals surface area contributed by atoms with Gasteiger partial charge < -0.3 is 4.89 Å². The van der Waals surface area contributed by atoms with Crippen molar-refractivity contribution in [1.82, 2.24) is 0 Å². The van der Waals surface area contributed by atoms with Gasteiger partial charge in [-0.2, -0.15) is 0 Å². The third kappa shape index (κ3) is 4.97. The molecule has 0 heterocycles. The van der Waals surface area contributed by atoms with Crippen LogP contribution in [0.5, 0.6) is 0 Å². The van der Waals surface area contributed by atoms with Crippen molar-refractivity contribution in [3.8, 4) is 0 Å². The Morgan fingerprint density at radius 3 is 2.22 bits per heavy atom. The van der Waals surface area contributed by atoms with Gasteiger partial charge in [0.25, 0.3) is 0 Å². The summed E-state index contributed by atoms with van der Waals surface area (Å²) in [5, 5.41) is 0. The first-order chi connectivity index (χ1) is 3.98. The smallest absolute Gasteiger partial charge is 0.316 e. The standard InChI is InChI=1S/C4H11O3PS/c1-4(2)7-8(5,6)9-3/h4H,1-3H3,(H,5,6). The van der Waals surface area contributed by atoms with Crippen LogP contribution in [0.4, 0.5) is 0 Å². The Kier molecular flexibility index (Phi) is 3.82. The molecule has 0 saturated heterocycles. The lowest BCUT2D eigenvalue weighted by Gasteiger charge is -2.10. The van der Waals surface area contributed by atoms with Crippen LogP contribution >= 0.6 is 18.2 Å². The highest BCUT2D eigenvalue weighted by atomic mass is 32.7. The van der Waals surface area contributed by atoms with E-state index in [1.54, 1.807) is 20.1 Å². The summed E-state index contributed by atoms with van der Waals surface area (Å²) < 4.78 is 15.4. The summed E-state index contributed by atoms with van der Waals surface area (Å²) >= 11 is 0.844. The van der Waals surface area contributed by atoms with Crippen molar-refractivity contribution in [1.29, 1.82) is 0 Å². The Bertz CT molecular complexity index is 125. The molecule has 0 spiro atoms. The van der Waals surface area contributed by atoms with Crippen molar-refractivity contribution in [2.45, 2.75) is 20.0 Å². The molecule has 0 aliphatic rings. The van der Waals surface area contributed by atoms with E-state index in [1.807, 2.05) is 0 Å². The van der Waals surface area contributed by atoms with E-state index >= 15 is 0 Å². The van der Waals surface area contributed by atoms with E-state index in [2.05, 4.69) is 4.52 Å². The molecule has 0 rings (SSSR count). The van der Waals surface area contributed by atoms with Gasteiger partial charge in [-0.15, -0.1) is 0 Å². The van der Waals surface area contributed by atoms with Gasteiger partial charge in [0.15, 0.2) is 0 Å².